The summed E-state index contributed by atoms with van der Waals surface area (Å²) in [7, 11) is -1.69. The molecule has 0 aromatic carbocycles. The Morgan fingerprint density at radius 2 is 1.49 bits per heavy atom. The minimum atomic E-state index is -1.69. The Bertz CT molecular complexity index is 754. The van der Waals surface area contributed by atoms with Crippen molar-refractivity contribution in [3.05, 3.63) is 0 Å². The molecule has 0 aromatic rings. The standard InChI is InChI=1S/C26H50N2O6Si/c1-23(2,3)19-15-26(34-35(10)11,28(17-19)22(31)33-25(7,8)9)20(29)18-13-12-14-27(16-18)21(30)32-24(4,5)6/h18-20,29,35H,12-17H2,1-11H3/t18?,19-,20?,26-/m0/s1. The van der Waals surface area contributed by atoms with E-state index >= 15 is 0 Å². The molecule has 0 saturated carbocycles. The summed E-state index contributed by atoms with van der Waals surface area (Å²) in [6, 6.07) is 0. The third kappa shape index (κ3) is 7.83. The van der Waals surface area contributed by atoms with Crippen molar-refractivity contribution in [3.8, 4) is 0 Å². The van der Waals surface area contributed by atoms with E-state index in [0.717, 1.165) is 12.8 Å². The van der Waals surface area contributed by atoms with E-state index in [-0.39, 0.29) is 23.3 Å². The molecule has 2 heterocycles. The average Bonchev–Trinajstić information content (AvgIpc) is 3.05. The molecular formula is C26H50N2O6Si. The van der Waals surface area contributed by atoms with Crippen molar-refractivity contribution in [2.45, 2.75) is 118 Å². The van der Waals surface area contributed by atoms with Gasteiger partial charge in [0.15, 0.2) is 14.8 Å². The lowest BCUT2D eigenvalue weighted by Gasteiger charge is -2.47. The van der Waals surface area contributed by atoms with Crippen LogP contribution in [0.3, 0.4) is 0 Å². The van der Waals surface area contributed by atoms with Gasteiger partial charge in [0.05, 0.1) is 0 Å². The van der Waals surface area contributed by atoms with Gasteiger partial charge in [-0.25, -0.2) is 9.59 Å². The van der Waals surface area contributed by atoms with Crippen molar-refractivity contribution in [1.29, 1.82) is 0 Å². The van der Waals surface area contributed by atoms with Crippen molar-refractivity contribution in [2.24, 2.45) is 17.3 Å². The zero-order valence-electron chi connectivity index (χ0n) is 23.9. The molecule has 2 aliphatic heterocycles. The first kappa shape index (κ1) is 29.9. The number of likely N-dealkylation sites (tertiary alicyclic amines) is 2. The van der Waals surface area contributed by atoms with Crippen LogP contribution in [0.25, 0.3) is 0 Å². The molecule has 0 bridgehead atoms. The SMILES string of the molecule is C[SiH](C)O[C@]1(C(O)C2CCCN(C(=O)OC(C)(C)C)C2)C[C@H](C(C)(C)C)CN1C(=O)OC(C)(C)C. The molecule has 1 N–H and O–H groups in total. The van der Waals surface area contributed by atoms with Crippen LogP contribution in [-0.4, -0.2) is 78.8 Å². The second-order valence-corrected chi connectivity index (χ2v) is 16.0. The van der Waals surface area contributed by atoms with Crippen molar-refractivity contribution >= 4 is 21.2 Å². The van der Waals surface area contributed by atoms with Gasteiger partial charge >= 0.3 is 12.2 Å². The summed E-state index contributed by atoms with van der Waals surface area (Å²) in [4.78, 5) is 29.6. The highest BCUT2D eigenvalue weighted by Gasteiger charge is 2.58. The smallest absolute Gasteiger partial charge is 0.412 e. The molecule has 2 aliphatic rings. The maximum absolute atomic E-state index is 13.5. The van der Waals surface area contributed by atoms with Gasteiger partial charge in [0, 0.05) is 32.0 Å². The molecule has 2 rings (SSSR count). The quantitative estimate of drug-likeness (QED) is 0.532. The number of hydrogen-bond donors (Lipinski definition) is 1. The summed E-state index contributed by atoms with van der Waals surface area (Å²) < 4.78 is 18.0. The van der Waals surface area contributed by atoms with Gasteiger partial charge in [-0.05, 0) is 78.8 Å². The summed E-state index contributed by atoms with van der Waals surface area (Å²) in [6.07, 6.45) is 0.245. The predicted molar refractivity (Wildman–Crippen MR) is 140 cm³/mol. The van der Waals surface area contributed by atoms with Gasteiger partial charge in [0.1, 0.15) is 17.3 Å². The fourth-order valence-corrected chi connectivity index (χ4v) is 6.21. The topological polar surface area (TPSA) is 88.5 Å². The van der Waals surface area contributed by atoms with Crippen LogP contribution >= 0.6 is 0 Å². The van der Waals surface area contributed by atoms with Gasteiger partial charge in [-0.3, -0.25) is 4.90 Å². The first-order chi connectivity index (χ1) is 15.7. The number of hydrogen-bond acceptors (Lipinski definition) is 6. The molecule has 204 valence electrons. The lowest BCUT2D eigenvalue weighted by molar-refractivity contribution is -0.161. The Labute approximate surface area is 214 Å². The first-order valence-electron chi connectivity index (χ1n) is 13.1. The Kier molecular flexibility index (Phi) is 9.04. The fraction of sp³-hybridized carbons (Fsp3) is 0.923. The van der Waals surface area contributed by atoms with E-state index in [1.54, 1.807) is 9.80 Å². The monoisotopic (exact) mass is 514 g/mol. The minimum absolute atomic E-state index is 0.0846. The number of amides is 2. The molecule has 0 spiro atoms. The Morgan fingerprint density at radius 3 is 1.97 bits per heavy atom. The number of carbonyl (C=O) groups excluding carboxylic acids is 2. The zero-order chi connectivity index (χ0) is 27.0. The molecule has 8 nitrogen and oxygen atoms in total. The zero-order valence-corrected chi connectivity index (χ0v) is 25.1. The van der Waals surface area contributed by atoms with Crippen LogP contribution in [0.15, 0.2) is 0 Å². The first-order valence-corrected chi connectivity index (χ1v) is 15.9. The van der Waals surface area contributed by atoms with E-state index in [2.05, 4.69) is 33.9 Å². The molecule has 35 heavy (non-hydrogen) atoms. The fourth-order valence-electron chi connectivity index (χ4n) is 5.03. The number of ether oxygens (including phenoxy) is 2. The number of piperidine rings is 1. The number of aliphatic hydroxyl groups is 1. The van der Waals surface area contributed by atoms with E-state index in [9.17, 15) is 14.7 Å². The molecule has 2 unspecified atom stereocenters. The Balaban J connectivity index is 2.42. The summed E-state index contributed by atoms with van der Waals surface area (Å²) >= 11 is 0. The summed E-state index contributed by atoms with van der Waals surface area (Å²) in [5.41, 5.74) is -2.52. The largest absolute Gasteiger partial charge is 0.444 e. The second kappa shape index (κ2) is 10.6. The highest BCUT2D eigenvalue weighted by Crippen LogP contribution is 2.47. The Hall–Kier alpha value is -1.32. The van der Waals surface area contributed by atoms with Crippen molar-refractivity contribution in [2.75, 3.05) is 19.6 Å². The van der Waals surface area contributed by atoms with E-state index in [1.165, 1.54) is 0 Å². The average molecular weight is 515 g/mol. The van der Waals surface area contributed by atoms with Crippen LogP contribution in [-0.2, 0) is 13.9 Å². The van der Waals surface area contributed by atoms with Gasteiger partial charge in [-0.1, -0.05) is 20.8 Å². The van der Waals surface area contributed by atoms with Crippen LogP contribution in [0.1, 0.15) is 81.6 Å². The molecular weight excluding hydrogens is 464 g/mol. The Morgan fingerprint density at radius 1 is 0.943 bits per heavy atom. The van der Waals surface area contributed by atoms with Gasteiger partial charge in [0.2, 0.25) is 0 Å². The van der Waals surface area contributed by atoms with Crippen LogP contribution < -0.4 is 0 Å². The molecule has 2 fully saturated rings. The van der Waals surface area contributed by atoms with Crippen LogP contribution in [0.5, 0.6) is 0 Å². The maximum Gasteiger partial charge on any atom is 0.412 e. The molecule has 0 aromatic heterocycles. The molecule has 2 saturated heterocycles. The van der Waals surface area contributed by atoms with E-state index < -0.39 is 38.2 Å². The van der Waals surface area contributed by atoms with E-state index in [0.29, 0.717) is 26.1 Å². The normalized spacial score (nSPS) is 27.2. The van der Waals surface area contributed by atoms with E-state index in [1.807, 2.05) is 41.5 Å². The highest BCUT2D eigenvalue weighted by molar-refractivity contribution is 6.48. The molecule has 0 aliphatic carbocycles. The highest BCUT2D eigenvalue weighted by atomic mass is 28.3. The lowest BCUT2D eigenvalue weighted by Crippen LogP contribution is -2.63. The third-order valence-corrected chi connectivity index (χ3v) is 7.57. The van der Waals surface area contributed by atoms with Crippen molar-refractivity contribution < 1.29 is 28.6 Å². The molecule has 4 atom stereocenters. The van der Waals surface area contributed by atoms with Gasteiger partial charge in [-0.15, -0.1) is 0 Å². The number of nitrogens with zero attached hydrogens (tertiary/aromatic N) is 2. The lowest BCUT2D eigenvalue weighted by atomic mass is 9.76. The van der Waals surface area contributed by atoms with Crippen LogP contribution in [0.2, 0.25) is 13.1 Å². The van der Waals surface area contributed by atoms with Crippen molar-refractivity contribution in [3.63, 3.8) is 0 Å². The van der Waals surface area contributed by atoms with Gasteiger partial charge in [-0.2, -0.15) is 0 Å². The molecule has 9 heteroatoms. The van der Waals surface area contributed by atoms with Crippen molar-refractivity contribution in [1.82, 2.24) is 9.80 Å². The van der Waals surface area contributed by atoms with Gasteiger partial charge in [0.25, 0.3) is 0 Å². The van der Waals surface area contributed by atoms with E-state index in [4.69, 9.17) is 13.9 Å². The summed E-state index contributed by atoms with van der Waals surface area (Å²) in [5, 5.41) is 12.0. The molecule has 2 amide bonds. The minimum Gasteiger partial charge on any atom is -0.444 e. The van der Waals surface area contributed by atoms with Crippen LogP contribution in [0.4, 0.5) is 9.59 Å². The number of rotatable bonds is 4. The van der Waals surface area contributed by atoms with Gasteiger partial charge < -0.3 is 23.9 Å². The summed E-state index contributed by atoms with van der Waals surface area (Å²) in [5.74, 6) is -0.115. The number of aliphatic hydroxyl groups excluding tert-OH is 1. The second-order valence-electron chi connectivity index (χ2n) is 13.6. The molecule has 0 radical (unpaired) electrons. The maximum atomic E-state index is 13.5. The number of carbonyl (C=O) groups is 2. The predicted octanol–water partition coefficient (Wildman–Crippen LogP) is 4.99. The van der Waals surface area contributed by atoms with Crippen LogP contribution in [0, 0.1) is 17.3 Å². The summed E-state index contributed by atoms with van der Waals surface area (Å²) in [6.45, 7) is 23.1. The third-order valence-electron chi connectivity index (χ3n) is 6.70.